The maximum atomic E-state index is 12.1. The monoisotopic (exact) mass is 351 g/mol. The van der Waals surface area contributed by atoms with E-state index in [1.807, 2.05) is 6.07 Å². The minimum absolute atomic E-state index is 0.203. The Morgan fingerprint density at radius 1 is 1.12 bits per heavy atom. The van der Waals surface area contributed by atoms with Crippen LogP contribution in [-0.2, 0) is 19.1 Å². The number of carbonyl (C=O) groups is 3. The van der Waals surface area contributed by atoms with Gasteiger partial charge in [0.25, 0.3) is 5.91 Å². The van der Waals surface area contributed by atoms with E-state index in [2.05, 4.69) is 16.0 Å². The molecule has 0 spiro atoms. The van der Waals surface area contributed by atoms with Crippen LogP contribution in [0.5, 0.6) is 0 Å². The van der Waals surface area contributed by atoms with Gasteiger partial charge in [0.2, 0.25) is 0 Å². The van der Waals surface area contributed by atoms with Crippen molar-refractivity contribution in [2.24, 2.45) is 5.92 Å². The average molecular weight is 351 g/mol. The quantitative estimate of drug-likeness (QED) is 0.457. The van der Waals surface area contributed by atoms with Gasteiger partial charge in [-0.2, -0.15) is 0 Å². The zero-order valence-electron chi connectivity index (χ0n) is 14.7. The van der Waals surface area contributed by atoms with E-state index >= 15 is 0 Å². The molecule has 8 nitrogen and oxygen atoms in total. The van der Waals surface area contributed by atoms with E-state index in [0.29, 0.717) is 18.8 Å². The van der Waals surface area contributed by atoms with E-state index in [1.165, 1.54) is 7.11 Å². The fraction of sp³-hybridized carbons (Fsp3) is 0.471. The lowest BCUT2D eigenvalue weighted by Gasteiger charge is -2.21. The van der Waals surface area contributed by atoms with Crippen LogP contribution >= 0.6 is 0 Å². The highest BCUT2D eigenvalue weighted by atomic mass is 16.5. The molecule has 0 aliphatic carbocycles. The maximum Gasteiger partial charge on any atom is 0.329 e. The van der Waals surface area contributed by atoms with Gasteiger partial charge in [-0.15, -0.1) is 0 Å². The molecule has 0 unspecified atom stereocenters. The van der Waals surface area contributed by atoms with E-state index in [4.69, 9.17) is 9.47 Å². The standard InChI is InChI=1S/C17H25N3O5/c1-12(2)15(16(22)25-11-14(21)18-9-10-24-3)20-17(23)19-13-7-5-4-6-8-13/h4-8,12,15H,9-11H2,1-3H3,(H,18,21)(H2,19,20,23)/t15-/m0/s1. The molecule has 8 heteroatoms. The number of anilines is 1. The van der Waals surface area contributed by atoms with Gasteiger partial charge in [0, 0.05) is 19.3 Å². The zero-order chi connectivity index (χ0) is 18.7. The highest BCUT2D eigenvalue weighted by molar-refractivity contribution is 5.93. The Balaban J connectivity index is 2.47. The van der Waals surface area contributed by atoms with Gasteiger partial charge < -0.3 is 25.4 Å². The molecule has 1 rings (SSSR count). The number of para-hydroxylation sites is 1. The summed E-state index contributed by atoms with van der Waals surface area (Å²) in [5.74, 6) is -1.30. The molecule has 0 saturated heterocycles. The third kappa shape index (κ3) is 8.16. The summed E-state index contributed by atoms with van der Waals surface area (Å²) >= 11 is 0. The number of amides is 3. The number of rotatable bonds is 9. The summed E-state index contributed by atoms with van der Waals surface area (Å²) in [4.78, 5) is 35.7. The van der Waals surface area contributed by atoms with Crippen LogP contribution in [-0.4, -0.2) is 50.8 Å². The average Bonchev–Trinajstić information content (AvgIpc) is 2.58. The molecule has 3 amide bonds. The molecule has 0 aliphatic rings. The van der Waals surface area contributed by atoms with Crippen LogP contribution in [0.4, 0.5) is 10.5 Å². The van der Waals surface area contributed by atoms with E-state index in [-0.39, 0.29) is 5.92 Å². The minimum Gasteiger partial charge on any atom is -0.454 e. The molecule has 1 aromatic carbocycles. The minimum atomic E-state index is -0.865. The van der Waals surface area contributed by atoms with Gasteiger partial charge >= 0.3 is 12.0 Å². The predicted molar refractivity (Wildman–Crippen MR) is 93.1 cm³/mol. The van der Waals surface area contributed by atoms with Crippen LogP contribution in [0.15, 0.2) is 30.3 Å². The number of hydrogen-bond acceptors (Lipinski definition) is 5. The Morgan fingerprint density at radius 2 is 1.80 bits per heavy atom. The second-order valence-electron chi connectivity index (χ2n) is 5.64. The van der Waals surface area contributed by atoms with Crippen LogP contribution in [0.1, 0.15) is 13.8 Å². The topological polar surface area (TPSA) is 106 Å². The lowest BCUT2D eigenvalue weighted by molar-refractivity contribution is -0.151. The molecule has 3 N–H and O–H groups in total. The normalized spacial score (nSPS) is 11.5. The van der Waals surface area contributed by atoms with Crippen molar-refractivity contribution in [3.8, 4) is 0 Å². The maximum absolute atomic E-state index is 12.1. The smallest absolute Gasteiger partial charge is 0.329 e. The van der Waals surface area contributed by atoms with Crippen molar-refractivity contribution in [3.05, 3.63) is 30.3 Å². The van der Waals surface area contributed by atoms with Gasteiger partial charge in [0.05, 0.1) is 6.61 Å². The first-order chi connectivity index (χ1) is 11.9. The molecule has 0 aromatic heterocycles. The third-order valence-electron chi connectivity index (χ3n) is 3.21. The van der Waals surface area contributed by atoms with Gasteiger partial charge in [0.1, 0.15) is 6.04 Å². The summed E-state index contributed by atoms with van der Waals surface area (Å²) in [6, 6.07) is 7.47. The van der Waals surface area contributed by atoms with Crippen molar-refractivity contribution in [1.29, 1.82) is 0 Å². The fourth-order valence-electron chi connectivity index (χ4n) is 1.90. The summed E-state index contributed by atoms with van der Waals surface area (Å²) in [5, 5.41) is 7.73. The number of esters is 1. The Hall–Kier alpha value is -2.61. The van der Waals surface area contributed by atoms with Crippen molar-refractivity contribution >= 4 is 23.6 Å². The van der Waals surface area contributed by atoms with Crippen molar-refractivity contribution in [2.75, 3.05) is 32.2 Å². The first-order valence-corrected chi connectivity index (χ1v) is 7.99. The van der Waals surface area contributed by atoms with E-state index in [0.717, 1.165) is 0 Å². The molecule has 1 aromatic rings. The SMILES string of the molecule is COCCNC(=O)COC(=O)[C@@H](NC(=O)Nc1ccccc1)C(C)C. The van der Waals surface area contributed by atoms with E-state index < -0.39 is 30.6 Å². The third-order valence-corrected chi connectivity index (χ3v) is 3.21. The Kier molecular flexibility index (Phi) is 9.02. The van der Waals surface area contributed by atoms with Gasteiger partial charge in [-0.25, -0.2) is 9.59 Å². The van der Waals surface area contributed by atoms with Gasteiger partial charge in [-0.05, 0) is 18.1 Å². The number of ether oxygens (including phenoxy) is 2. The Bertz CT molecular complexity index is 563. The van der Waals surface area contributed by atoms with E-state index in [1.54, 1.807) is 38.1 Å². The van der Waals surface area contributed by atoms with Crippen molar-refractivity contribution in [1.82, 2.24) is 10.6 Å². The zero-order valence-corrected chi connectivity index (χ0v) is 14.7. The molecule has 0 heterocycles. The van der Waals surface area contributed by atoms with E-state index in [9.17, 15) is 14.4 Å². The van der Waals surface area contributed by atoms with Crippen LogP contribution < -0.4 is 16.0 Å². The van der Waals surface area contributed by atoms with Crippen LogP contribution in [0.25, 0.3) is 0 Å². The number of methoxy groups -OCH3 is 1. The summed E-state index contributed by atoms with van der Waals surface area (Å²) in [6.07, 6.45) is 0. The molecule has 0 fully saturated rings. The second kappa shape index (κ2) is 11.0. The fourth-order valence-corrected chi connectivity index (χ4v) is 1.90. The number of benzene rings is 1. The second-order valence-corrected chi connectivity index (χ2v) is 5.64. The summed E-state index contributed by atoms with van der Waals surface area (Å²) in [6.45, 7) is 3.84. The lowest BCUT2D eigenvalue weighted by Crippen LogP contribution is -2.47. The first kappa shape index (κ1) is 20.4. The molecule has 0 saturated carbocycles. The van der Waals surface area contributed by atoms with Crippen LogP contribution in [0, 0.1) is 5.92 Å². The Morgan fingerprint density at radius 3 is 2.40 bits per heavy atom. The molecule has 0 radical (unpaired) electrons. The highest BCUT2D eigenvalue weighted by Crippen LogP contribution is 2.07. The van der Waals surface area contributed by atoms with Crippen LogP contribution in [0.3, 0.4) is 0 Å². The number of hydrogen-bond donors (Lipinski definition) is 3. The predicted octanol–water partition coefficient (Wildman–Crippen LogP) is 1.14. The molecule has 138 valence electrons. The largest absolute Gasteiger partial charge is 0.454 e. The molecule has 0 bridgehead atoms. The number of urea groups is 1. The molecule has 1 atom stereocenters. The molecular formula is C17H25N3O5. The van der Waals surface area contributed by atoms with Gasteiger partial charge in [-0.3, -0.25) is 4.79 Å². The molecule has 0 aliphatic heterocycles. The van der Waals surface area contributed by atoms with Crippen molar-refractivity contribution in [3.63, 3.8) is 0 Å². The van der Waals surface area contributed by atoms with Crippen LogP contribution in [0.2, 0.25) is 0 Å². The molecular weight excluding hydrogens is 326 g/mol. The van der Waals surface area contributed by atoms with Gasteiger partial charge in [0.15, 0.2) is 6.61 Å². The van der Waals surface area contributed by atoms with Crippen molar-refractivity contribution < 1.29 is 23.9 Å². The number of carbonyl (C=O) groups excluding carboxylic acids is 3. The van der Waals surface area contributed by atoms with Gasteiger partial charge in [-0.1, -0.05) is 32.0 Å². The highest BCUT2D eigenvalue weighted by Gasteiger charge is 2.26. The number of nitrogens with one attached hydrogen (secondary N) is 3. The first-order valence-electron chi connectivity index (χ1n) is 7.99. The van der Waals surface area contributed by atoms with Crippen molar-refractivity contribution in [2.45, 2.75) is 19.9 Å². The summed E-state index contributed by atoms with van der Waals surface area (Å²) in [5.41, 5.74) is 0.605. The lowest BCUT2D eigenvalue weighted by atomic mass is 10.1. The Labute approximate surface area is 147 Å². The molecule has 25 heavy (non-hydrogen) atoms. The summed E-state index contributed by atoms with van der Waals surface area (Å²) in [7, 11) is 1.52. The summed E-state index contributed by atoms with van der Waals surface area (Å²) < 4.78 is 9.78.